The fraction of sp³-hybridized carbons (Fsp3) is 0.846. The molecule has 0 saturated heterocycles. The number of amides is 2. The number of nitrogens with zero attached hydrogens (tertiary/aromatic N) is 1. The van der Waals surface area contributed by atoms with Crippen LogP contribution < -0.4 is 5.32 Å². The van der Waals surface area contributed by atoms with Gasteiger partial charge in [-0.2, -0.15) is 0 Å². The van der Waals surface area contributed by atoms with Gasteiger partial charge in [-0.1, -0.05) is 0 Å². The Balaban J connectivity index is 2.24. The van der Waals surface area contributed by atoms with Crippen LogP contribution in [0, 0.1) is 5.92 Å². The van der Waals surface area contributed by atoms with Crippen molar-refractivity contribution in [1.29, 1.82) is 0 Å². The third-order valence-corrected chi connectivity index (χ3v) is 3.34. The van der Waals surface area contributed by atoms with Crippen LogP contribution in [0.15, 0.2) is 0 Å². The highest BCUT2D eigenvalue weighted by Crippen LogP contribution is 2.27. The molecule has 0 aromatic heterocycles. The lowest BCUT2D eigenvalue weighted by atomic mass is 9.84. The van der Waals surface area contributed by atoms with Gasteiger partial charge in [0, 0.05) is 26.6 Å². The maximum atomic E-state index is 11.5. The summed E-state index contributed by atoms with van der Waals surface area (Å²) in [6.07, 6.45) is 4.38. The Kier molecular flexibility index (Phi) is 5.95. The molecule has 5 heteroatoms. The monoisotopic (exact) mass is 256 g/mol. The molecular weight excluding hydrogens is 232 g/mol. The second-order valence-corrected chi connectivity index (χ2v) is 5.07. The Morgan fingerprint density at radius 3 is 2.33 bits per heavy atom. The number of hydrogen-bond acceptors (Lipinski definition) is 3. The standard InChI is InChI=1S/C13H24N2O3/c1-4-18-12(16)9-10-5-7-11(8-6-10)14-13(17)15(2)3/h10-11H,4-9H2,1-3H3,(H,14,17). The van der Waals surface area contributed by atoms with Gasteiger partial charge in [-0.05, 0) is 38.5 Å². The molecular formula is C13H24N2O3. The fourth-order valence-corrected chi connectivity index (χ4v) is 2.27. The molecule has 0 unspecified atom stereocenters. The van der Waals surface area contributed by atoms with Crippen LogP contribution in [-0.2, 0) is 9.53 Å². The number of esters is 1. The van der Waals surface area contributed by atoms with Gasteiger partial charge in [-0.15, -0.1) is 0 Å². The van der Waals surface area contributed by atoms with Crippen molar-refractivity contribution >= 4 is 12.0 Å². The van der Waals surface area contributed by atoms with E-state index < -0.39 is 0 Å². The molecule has 1 aliphatic rings. The second kappa shape index (κ2) is 7.24. The number of nitrogens with one attached hydrogen (secondary N) is 1. The molecule has 1 aliphatic carbocycles. The molecule has 1 fully saturated rings. The van der Waals surface area contributed by atoms with Crippen LogP contribution in [0.25, 0.3) is 0 Å². The number of carbonyl (C=O) groups is 2. The van der Waals surface area contributed by atoms with Crippen LogP contribution >= 0.6 is 0 Å². The number of rotatable bonds is 4. The number of hydrogen-bond donors (Lipinski definition) is 1. The molecule has 104 valence electrons. The maximum Gasteiger partial charge on any atom is 0.317 e. The number of carbonyl (C=O) groups excluding carboxylic acids is 2. The smallest absolute Gasteiger partial charge is 0.317 e. The maximum absolute atomic E-state index is 11.5. The summed E-state index contributed by atoms with van der Waals surface area (Å²) in [5, 5.41) is 2.99. The summed E-state index contributed by atoms with van der Waals surface area (Å²) in [6.45, 7) is 2.28. The van der Waals surface area contributed by atoms with E-state index in [0.29, 0.717) is 18.9 Å². The molecule has 0 aliphatic heterocycles. The van der Waals surface area contributed by atoms with E-state index in [1.807, 2.05) is 6.92 Å². The van der Waals surface area contributed by atoms with Crippen molar-refractivity contribution in [1.82, 2.24) is 10.2 Å². The highest BCUT2D eigenvalue weighted by atomic mass is 16.5. The molecule has 0 heterocycles. The molecule has 18 heavy (non-hydrogen) atoms. The van der Waals surface area contributed by atoms with Crippen molar-refractivity contribution in [3.8, 4) is 0 Å². The molecule has 0 spiro atoms. The first-order valence-corrected chi connectivity index (χ1v) is 6.66. The minimum atomic E-state index is -0.0988. The Morgan fingerprint density at radius 1 is 1.22 bits per heavy atom. The third kappa shape index (κ3) is 4.94. The van der Waals surface area contributed by atoms with Gasteiger partial charge in [0.25, 0.3) is 0 Å². The quantitative estimate of drug-likeness (QED) is 0.780. The van der Waals surface area contributed by atoms with Crippen LogP contribution in [-0.4, -0.2) is 43.6 Å². The fourth-order valence-electron chi connectivity index (χ4n) is 2.27. The number of urea groups is 1. The zero-order valence-electron chi connectivity index (χ0n) is 11.6. The van der Waals surface area contributed by atoms with Crippen LogP contribution in [0.3, 0.4) is 0 Å². The molecule has 0 radical (unpaired) electrons. The van der Waals surface area contributed by atoms with Gasteiger partial charge >= 0.3 is 12.0 Å². The zero-order chi connectivity index (χ0) is 13.5. The van der Waals surface area contributed by atoms with Gasteiger partial charge in [0.05, 0.1) is 6.61 Å². The molecule has 1 rings (SSSR count). The predicted octanol–water partition coefficient (Wildman–Crippen LogP) is 1.77. The first-order valence-electron chi connectivity index (χ1n) is 6.66. The SMILES string of the molecule is CCOC(=O)CC1CCC(NC(=O)N(C)C)CC1. The molecule has 2 amide bonds. The highest BCUT2D eigenvalue weighted by Gasteiger charge is 2.24. The summed E-state index contributed by atoms with van der Waals surface area (Å²) in [6, 6.07) is 0.210. The van der Waals surface area contributed by atoms with Crippen LogP contribution in [0.2, 0.25) is 0 Å². The van der Waals surface area contributed by atoms with Crippen molar-refractivity contribution in [2.75, 3.05) is 20.7 Å². The molecule has 0 bridgehead atoms. The van der Waals surface area contributed by atoms with E-state index in [2.05, 4.69) is 5.32 Å². The minimum Gasteiger partial charge on any atom is -0.466 e. The van der Waals surface area contributed by atoms with E-state index in [0.717, 1.165) is 25.7 Å². The molecule has 5 nitrogen and oxygen atoms in total. The van der Waals surface area contributed by atoms with Gasteiger partial charge in [0.15, 0.2) is 0 Å². The lowest BCUT2D eigenvalue weighted by Crippen LogP contribution is -2.43. The van der Waals surface area contributed by atoms with Crippen molar-refractivity contribution in [3.05, 3.63) is 0 Å². The average Bonchev–Trinajstić information content (AvgIpc) is 2.31. The topological polar surface area (TPSA) is 58.6 Å². The van der Waals surface area contributed by atoms with E-state index in [1.165, 1.54) is 0 Å². The zero-order valence-corrected chi connectivity index (χ0v) is 11.6. The lowest BCUT2D eigenvalue weighted by Gasteiger charge is -2.29. The second-order valence-electron chi connectivity index (χ2n) is 5.07. The van der Waals surface area contributed by atoms with E-state index in [1.54, 1.807) is 19.0 Å². The Morgan fingerprint density at radius 2 is 1.83 bits per heavy atom. The summed E-state index contributed by atoms with van der Waals surface area (Å²) in [4.78, 5) is 24.4. The first-order chi connectivity index (χ1) is 8.52. The lowest BCUT2D eigenvalue weighted by molar-refractivity contribution is -0.144. The van der Waals surface area contributed by atoms with Gasteiger partial charge in [0.1, 0.15) is 0 Å². The number of ether oxygens (including phenoxy) is 1. The van der Waals surface area contributed by atoms with E-state index >= 15 is 0 Å². The van der Waals surface area contributed by atoms with Crippen LogP contribution in [0.1, 0.15) is 39.0 Å². The van der Waals surface area contributed by atoms with Crippen molar-refractivity contribution < 1.29 is 14.3 Å². The summed E-state index contributed by atoms with van der Waals surface area (Å²) >= 11 is 0. The van der Waals surface area contributed by atoms with Crippen LogP contribution in [0.4, 0.5) is 4.79 Å². The normalized spacial score (nSPS) is 23.3. The summed E-state index contributed by atoms with van der Waals surface area (Å²) in [5.41, 5.74) is 0. The molecule has 1 saturated carbocycles. The Hall–Kier alpha value is -1.26. The van der Waals surface area contributed by atoms with Crippen molar-refractivity contribution in [2.45, 2.75) is 45.1 Å². The summed E-state index contributed by atoms with van der Waals surface area (Å²) < 4.78 is 4.95. The Bertz CT molecular complexity index is 284. The largest absolute Gasteiger partial charge is 0.466 e. The van der Waals surface area contributed by atoms with Gasteiger partial charge < -0.3 is 15.0 Å². The molecule has 1 N–H and O–H groups in total. The highest BCUT2D eigenvalue weighted by molar-refractivity contribution is 5.73. The van der Waals surface area contributed by atoms with Gasteiger partial charge in [0.2, 0.25) is 0 Å². The first kappa shape index (κ1) is 14.8. The average molecular weight is 256 g/mol. The summed E-state index contributed by atoms with van der Waals surface area (Å²) in [7, 11) is 3.48. The van der Waals surface area contributed by atoms with E-state index in [9.17, 15) is 9.59 Å². The van der Waals surface area contributed by atoms with E-state index in [4.69, 9.17) is 4.74 Å². The predicted molar refractivity (Wildman–Crippen MR) is 69.2 cm³/mol. The van der Waals surface area contributed by atoms with Crippen molar-refractivity contribution in [2.24, 2.45) is 5.92 Å². The van der Waals surface area contributed by atoms with Crippen LogP contribution in [0.5, 0.6) is 0 Å². The van der Waals surface area contributed by atoms with E-state index in [-0.39, 0.29) is 18.0 Å². The van der Waals surface area contributed by atoms with Gasteiger partial charge in [-0.25, -0.2) is 4.79 Å². The molecule has 0 atom stereocenters. The molecule has 0 aromatic carbocycles. The Labute approximate surface area is 109 Å². The third-order valence-electron chi connectivity index (χ3n) is 3.34. The summed E-state index contributed by atoms with van der Waals surface area (Å²) in [5.74, 6) is 0.315. The molecule has 0 aromatic rings. The van der Waals surface area contributed by atoms with Gasteiger partial charge in [-0.3, -0.25) is 4.79 Å². The van der Waals surface area contributed by atoms with Crippen molar-refractivity contribution in [3.63, 3.8) is 0 Å². The minimum absolute atomic E-state index is 0.0381.